The van der Waals surface area contributed by atoms with Gasteiger partial charge in [-0.15, -0.1) is 0 Å². The van der Waals surface area contributed by atoms with Gasteiger partial charge >= 0.3 is 0 Å². The molecule has 0 aliphatic carbocycles. The van der Waals surface area contributed by atoms with E-state index >= 15 is 0 Å². The Labute approximate surface area is 197 Å². The van der Waals surface area contributed by atoms with E-state index in [0.717, 1.165) is 61.1 Å². The third-order valence-corrected chi connectivity index (χ3v) is 5.81. The molecule has 3 N–H and O–H groups in total. The zero-order valence-corrected chi connectivity index (χ0v) is 20.3. The van der Waals surface area contributed by atoms with Gasteiger partial charge in [-0.05, 0) is 51.1 Å². The number of hydrogen-bond acceptors (Lipinski definition) is 9. The van der Waals surface area contributed by atoms with Crippen LogP contribution in [0.15, 0.2) is 30.6 Å². The van der Waals surface area contributed by atoms with E-state index in [0.29, 0.717) is 26.2 Å². The van der Waals surface area contributed by atoms with Gasteiger partial charge < -0.3 is 35.0 Å². The van der Waals surface area contributed by atoms with Crippen LogP contribution in [0, 0.1) is 0 Å². The molecule has 1 aromatic heterocycles. The Kier molecular flexibility index (Phi) is 9.11. The highest BCUT2D eigenvalue weighted by molar-refractivity contribution is 5.48. The minimum atomic E-state index is -0.817. The van der Waals surface area contributed by atoms with Crippen LogP contribution in [-0.2, 0) is 6.54 Å². The van der Waals surface area contributed by atoms with Crippen LogP contribution in [0.5, 0.6) is 11.5 Å². The summed E-state index contributed by atoms with van der Waals surface area (Å²) in [7, 11) is 7.60. The van der Waals surface area contributed by atoms with Crippen LogP contribution in [-0.4, -0.2) is 86.6 Å². The second-order valence-electron chi connectivity index (χ2n) is 8.85. The minimum Gasteiger partial charge on any atom is -0.493 e. The maximum Gasteiger partial charge on any atom is 0.161 e. The molecule has 0 bridgehead atoms. The lowest BCUT2D eigenvalue weighted by Crippen LogP contribution is -2.53. The summed E-state index contributed by atoms with van der Waals surface area (Å²) in [6, 6.07) is 7.90. The van der Waals surface area contributed by atoms with E-state index in [1.165, 1.54) is 0 Å². The minimum absolute atomic E-state index is 0.499. The first kappa shape index (κ1) is 25.0. The quantitative estimate of drug-likeness (QED) is 0.413. The Bertz CT molecular complexity index is 881. The Morgan fingerprint density at radius 3 is 2.82 bits per heavy atom. The van der Waals surface area contributed by atoms with Crippen LogP contribution in [0.4, 0.5) is 11.6 Å². The molecular weight excluding hydrogens is 420 g/mol. The molecule has 9 heteroatoms. The molecule has 1 atom stereocenters. The highest BCUT2D eigenvalue weighted by Crippen LogP contribution is 2.29. The summed E-state index contributed by atoms with van der Waals surface area (Å²) >= 11 is 0. The van der Waals surface area contributed by atoms with E-state index in [2.05, 4.69) is 44.5 Å². The summed E-state index contributed by atoms with van der Waals surface area (Å²) in [5.74, 6) is 3.09. The number of anilines is 2. The molecule has 1 aliphatic heterocycles. The lowest BCUT2D eigenvalue weighted by Gasteiger charge is -2.40. The van der Waals surface area contributed by atoms with Gasteiger partial charge in [-0.25, -0.2) is 9.97 Å². The molecule has 0 amide bonds. The van der Waals surface area contributed by atoms with Gasteiger partial charge in [0.05, 0.1) is 19.3 Å². The maximum absolute atomic E-state index is 11.2. The highest BCUT2D eigenvalue weighted by Gasteiger charge is 2.33. The summed E-state index contributed by atoms with van der Waals surface area (Å²) in [6.07, 6.45) is 4.17. The molecule has 1 aromatic carbocycles. The van der Waals surface area contributed by atoms with E-state index in [9.17, 15) is 5.11 Å². The first-order chi connectivity index (χ1) is 15.9. The smallest absolute Gasteiger partial charge is 0.161 e. The van der Waals surface area contributed by atoms with E-state index in [1.54, 1.807) is 13.4 Å². The van der Waals surface area contributed by atoms with Gasteiger partial charge in [0.25, 0.3) is 0 Å². The Hall–Kier alpha value is -2.62. The molecule has 3 rings (SSSR count). The molecule has 2 aromatic rings. The van der Waals surface area contributed by atoms with Crippen LogP contribution < -0.4 is 25.0 Å². The molecular formula is C24H38N6O3. The molecule has 9 nitrogen and oxygen atoms in total. The van der Waals surface area contributed by atoms with Crippen LogP contribution in [0.3, 0.4) is 0 Å². The highest BCUT2D eigenvalue weighted by atomic mass is 16.5. The van der Waals surface area contributed by atoms with Gasteiger partial charge in [0.1, 0.15) is 18.0 Å². The van der Waals surface area contributed by atoms with Gasteiger partial charge in [-0.3, -0.25) is 0 Å². The number of benzene rings is 1. The van der Waals surface area contributed by atoms with Crippen molar-refractivity contribution in [1.29, 1.82) is 0 Å². The Morgan fingerprint density at radius 1 is 1.21 bits per heavy atom. The summed E-state index contributed by atoms with van der Waals surface area (Å²) < 4.78 is 11.4. The standard InChI is InChI=1S/C24H38N6O3/c1-25-22-14-23(28-18-27-22)30-11-5-9-24(31,17-30)16-26-15-19-7-8-20(21(13-19)32-4)33-12-6-10-29(2)3/h7-8,13-14,18,26,31H,5-6,9-12,15-17H2,1-4H3,(H,25,27,28). The van der Waals surface area contributed by atoms with E-state index in [-0.39, 0.29) is 0 Å². The van der Waals surface area contributed by atoms with Crippen molar-refractivity contribution in [3.8, 4) is 11.5 Å². The molecule has 0 spiro atoms. The van der Waals surface area contributed by atoms with Gasteiger partial charge in [0.15, 0.2) is 11.5 Å². The molecule has 1 fully saturated rings. The SMILES string of the molecule is CNc1cc(N2CCCC(O)(CNCc3ccc(OCCCN(C)C)c(OC)c3)C2)ncn1. The van der Waals surface area contributed by atoms with Gasteiger partial charge in [0.2, 0.25) is 0 Å². The molecule has 0 saturated carbocycles. The number of β-amino-alcohol motifs (C(OH)–C–C–N with tert-alkyl or cyclic N) is 1. The number of nitrogens with one attached hydrogen (secondary N) is 2. The predicted molar refractivity (Wildman–Crippen MR) is 131 cm³/mol. The van der Waals surface area contributed by atoms with Crippen molar-refractivity contribution in [2.24, 2.45) is 0 Å². The zero-order chi connectivity index (χ0) is 23.7. The first-order valence-corrected chi connectivity index (χ1v) is 11.5. The Morgan fingerprint density at radius 2 is 2.06 bits per heavy atom. The first-order valence-electron chi connectivity index (χ1n) is 11.5. The number of aromatic nitrogens is 2. The van der Waals surface area contributed by atoms with Crippen molar-refractivity contribution in [3.63, 3.8) is 0 Å². The van der Waals surface area contributed by atoms with E-state index in [1.807, 2.05) is 31.3 Å². The fourth-order valence-corrected chi connectivity index (χ4v) is 4.05. The number of piperidine rings is 1. The topological polar surface area (TPSA) is 95.0 Å². The van der Waals surface area contributed by atoms with Crippen molar-refractivity contribution in [1.82, 2.24) is 20.2 Å². The molecule has 33 heavy (non-hydrogen) atoms. The van der Waals surface area contributed by atoms with Crippen LogP contribution >= 0.6 is 0 Å². The van der Waals surface area contributed by atoms with Crippen molar-refractivity contribution in [2.45, 2.75) is 31.4 Å². The largest absolute Gasteiger partial charge is 0.493 e. The third kappa shape index (κ3) is 7.45. The van der Waals surface area contributed by atoms with Crippen LogP contribution in [0.2, 0.25) is 0 Å². The van der Waals surface area contributed by atoms with Gasteiger partial charge in [0, 0.05) is 45.8 Å². The molecule has 0 radical (unpaired) electrons. The average Bonchev–Trinajstić information content (AvgIpc) is 2.82. The predicted octanol–water partition coefficient (Wildman–Crippen LogP) is 1.98. The molecule has 182 valence electrons. The van der Waals surface area contributed by atoms with Gasteiger partial charge in [-0.2, -0.15) is 0 Å². The fraction of sp³-hybridized carbons (Fsp3) is 0.583. The summed E-state index contributed by atoms with van der Waals surface area (Å²) in [5.41, 5.74) is 0.265. The number of ether oxygens (including phenoxy) is 2. The van der Waals surface area contributed by atoms with Crippen LogP contribution in [0.1, 0.15) is 24.8 Å². The second kappa shape index (κ2) is 12.0. The number of hydrogen-bond donors (Lipinski definition) is 3. The molecule has 1 saturated heterocycles. The number of rotatable bonds is 12. The summed E-state index contributed by atoms with van der Waals surface area (Å²) in [6.45, 7) is 4.17. The lowest BCUT2D eigenvalue weighted by molar-refractivity contribution is 0.0259. The number of nitrogens with zero attached hydrogens (tertiary/aromatic N) is 4. The summed E-state index contributed by atoms with van der Waals surface area (Å²) in [4.78, 5) is 12.8. The monoisotopic (exact) mass is 458 g/mol. The number of aliphatic hydroxyl groups is 1. The van der Waals surface area contributed by atoms with Crippen molar-refractivity contribution in [3.05, 3.63) is 36.2 Å². The molecule has 2 heterocycles. The van der Waals surface area contributed by atoms with Crippen molar-refractivity contribution in [2.75, 3.05) is 71.3 Å². The third-order valence-electron chi connectivity index (χ3n) is 5.81. The maximum atomic E-state index is 11.2. The Balaban J connectivity index is 1.52. The van der Waals surface area contributed by atoms with Gasteiger partial charge in [-0.1, -0.05) is 6.07 Å². The zero-order valence-electron chi connectivity index (χ0n) is 20.3. The van der Waals surface area contributed by atoms with Crippen molar-refractivity contribution < 1.29 is 14.6 Å². The van der Waals surface area contributed by atoms with Crippen LogP contribution in [0.25, 0.3) is 0 Å². The molecule has 1 aliphatic rings. The lowest BCUT2D eigenvalue weighted by atomic mass is 9.92. The molecule has 1 unspecified atom stereocenters. The summed E-state index contributed by atoms with van der Waals surface area (Å²) in [5, 5.41) is 17.7. The normalized spacial score (nSPS) is 18.4. The fourth-order valence-electron chi connectivity index (χ4n) is 4.05. The second-order valence-corrected chi connectivity index (χ2v) is 8.85. The van der Waals surface area contributed by atoms with E-state index < -0.39 is 5.60 Å². The average molecular weight is 459 g/mol. The van der Waals surface area contributed by atoms with E-state index in [4.69, 9.17) is 9.47 Å². The number of methoxy groups -OCH3 is 1. The van der Waals surface area contributed by atoms with Crippen molar-refractivity contribution >= 4 is 11.6 Å².